The van der Waals surface area contributed by atoms with E-state index in [0.29, 0.717) is 23.6 Å². The summed E-state index contributed by atoms with van der Waals surface area (Å²) in [6.45, 7) is 6.69. The highest BCUT2D eigenvalue weighted by molar-refractivity contribution is 5.85. The van der Waals surface area contributed by atoms with Crippen molar-refractivity contribution < 1.29 is 9.90 Å². The zero-order chi connectivity index (χ0) is 10.1. The molecule has 2 N–H and O–H groups in total. The van der Waals surface area contributed by atoms with Gasteiger partial charge in [0.25, 0.3) is 0 Å². The second-order valence-electron chi connectivity index (χ2n) is 4.35. The molecule has 0 heterocycles. The molecule has 1 rings (SSSR count). The van der Waals surface area contributed by atoms with Gasteiger partial charge in [0.15, 0.2) is 0 Å². The molecular formula is C10H17NO2. The first kappa shape index (κ1) is 10.3. The van der Waals surface area contributed by atoms with Crippen molar-refractivity contribution in [2.75, 3.05) is 6.54 Å². The zero-order valence-corrected chi connectivity index (χ0v) is 8.42. The van der Waals surface area contributed by atoms with Crippen LogP contribution in [0.3, 0.4) is 0 Å². The first-order valence-electron chi connectivity index (χ1n) is 4.57. The number of carboxylic acid groups (broad SMARTS) is 1. The van der Waals surface area contributed by atoms with Gasteiger partial charge in [0.05, 0.1) is 0 Å². The van der Waals surface area contributed by atoms with E-state index in [1.807, 2.05) is 0 Å². The number of aliphatic carboxylic acids is 1. The third-order valence-corrected chi connectivity index (χ3v) is 2.62. The molecule has 1 fully saturated rings. The van der Waals surface area contributed by atoms with Crippen molar-refractivity contribution in [2.45, 2.75) is 33.2 Å². The summed E-state index contributed by atoms with van der Waals surface area (Å²) >= 11 is 0. The van der Waals surface area contributed by atoms with Crippen molar-refractivity contribution in [3.8, 4) is 0 Å². The highest BCUT2D eigenvalue weighted by Crippen LogP contribution is 2.44. The predicted molar refractivity (Wildman–Crippen MR) is 51.6 cm³/mol. The molecule has 13 heavy (non-hydrogen) atoms. The van der Waals surface area contributed by atoms with E-state index in [0.717, 1.165) is 0 Å². The third kappa shape index (κ3) is 2.84. The van der Waals surface area contributed by atoms with Gasteiger partial charge in [0.1, 0.15) is 0 Å². The Morgan fingerprint density at radius 3 is 2.62 bits per heavy atom. The molecule has 0 radical (unpaired) electrons. The fourth-order valence-corrected chi connectivity index (χ4v) is 1.26. The van der Waals surface area contributed by atoms with Crippen LogP contribution in [0.4, 0.5) is 0 Å². The molecule has 1 aliphatic rings. The van der Waals surface area contributed by atoms with Gasteiger partial charge in [-0.15, -0.1) is 0 Å². The summed E-state index contributed by atoms with van der Waals surface area (Å²) in [4.78, 5) is 10.4. The maximum atomic E-state index is 10.4. The average Bonchev–Trinajstić information content (AvgIpc) is 2.58. The second-order valence-corrected chi connectivity index (χ2v) is 4.35. The second kappa shape index (κ2) is 3.50. The number of nitrogens with one attached hydrogen (secondary N) is 1. The molecule has 0 aromatic carbocycles. The van der Waals surface area contributed by atoms with Crippen LogP contribution >= 0.6 is 0 Å². The summed E-state index contributed by atoms with van der Waals surface area (Å²) in [6.07, 6.45) is 2.91. The molecule has 1 unspecified atom stereocenters. The Morgan fingerprint density at radius 2 is 2.23 bits per heavy atom. The van der Waals surface area contributed by atoms with Gasteiger partial charge in [0, 0.05) is 18.2 Å². The van der Waals surface area contributed by atoms with Gasteiger partial charge < -0.3 is 10.4 Å². The Bertz CT molecular complexity index is 243. The number of carbonyl (C=O) groups is 1. The minimum Gasteiger partial charge on any atom is -0.478 e. The summed E-state index contributed by atoms with van der Waals surface area (Å²) < 4.78 is 0. The van der Waals surface area contributed by atoms with Crippen LogP contribution in [0.1, 0.15) is 27.2 Å². The monoisotopic (exact) mass is 183 g/mol. The molecule has 0 aromatic heterocycles. The zero-order valence-electron chi connectivity index (χ0n) is 8.42. The summed E-state index contributed by atoms with van der Waals surface area (Å²) in [5.74, 6) is -0.836. The summed E-state index contributed by atoms with van der Waals surface area (Å²) in [6, 6.07) is 0.561. The van der Waals surface area contributed by atoms with E-state index in [9.17, 15) is 4.79 Å². The SMILES string of the molecule is CC(=CCNC1CC1(C)C)C(=O)O. The number of hydrogen-bond donors (Lipinski definition) is 2. The molecule has 0 amide bonds. The smallest absolute Gasteiger partial charge is 0.330 e. The Labute approximate surface area is 78.8 Å². The quantitative estimate of drug-likeness (QED) is 0.648. The lowest BCUT2D eigenvalue weighted by atomic mass is 10.2. The Morgan fingerprint density at radius 1 is 1.69 bits per heavy atom. The molecule has 1 aliphatic carbocycles. The molecular weight excluding hydrogens is 166 g/mol. The number of hydrogen-bond acceptors (Lipinski definition) is 2. The van der Waals surface area contributed by atoms with Crippen LogP contribution in [-0.4, -0.2) is 23.7 Å². The maximum Gasteiger partial charge on any atom is 0.330 e. The number of carboxylic acids is 1. The van der Waals surface area contributed by atoms with Crippen molar-refractivity contribution in [2.24, 2.45) is 5.41 Å². The fraction of sp³-hybridized carbons (Fsp3) is 0.700. The van der Waals surface area contributed by atoms with Gasteiger partial charge in [0.2, 0.25) is 0 Å². The van der Waals surface area contributed by atoms with Gasteiger partial charge in [-0.1, -0.05) is 19.9 Å². The molecule has 0 bridgehead atoms. The van der Waals surface area contributed by atoms with E-state index in [1.165, 1.54) is 6.42 Å². The van der Waals surface area contributed by atoms with Crippen LogP contribution in [0.2, 0.25) is 0 Å². The molecule has 1 atom stereocenters. The van der Waals surface area contributed by atoms with Crippen molar-refractivity contribution in [3.63, 3.8) is 0 Å². The van der Waals surface area contributed by atoms with E-state index in [-0.39, 0.29) is 0 Å². The lowest BCUT2D eigenvalue weighted by Crippen LogP contribution is -2.21. The summed E-state index contributed by atoms with van der Waals surface area (Å²) in [5, 5.41) is 11.9. The standard InChI is InChI=1S/C10H17NO2/c1-7(9(12)13)4-5-11-8-6-10(8,2)3/h4,8,11H,5-6H2,1-3H3,(H,12,13). The van der Waals surface area contributed by atoms with Gasteiger partial charge in [-0.2, -0.15) is 0 Å². The van der Waals surface area contributed by atoms with E-state index in [2.05, 4.69) is 19.2 Å². The minimum absolute atomic E-state index is 0.408. The average molecular weight is 183 g/mol. The molecule has 74 valence electrons. The third-order valence-electron chi connectivity index (χ3n) is 2.62. The highest BCUT2D eigenvalue weighted by Gasteiger charge is 2.44. The number of rotatable bonds is 4. The fourth-order valence-electron chi connectivity index (χ4n) is 1.26. The molecule has 0 aromatic rings. The predicted octanol–water partition coefficient (Wildman–Crippen LogP) is 1.41. The molecule has 0 spiro atoms. The van der Waals surface area contributed by atoms with Gasteiger partial charge in [-0.3, -0.25) is 0 Å². The van der Waals surface area contributed by atoms with E-state index < -0.39 is 5.97 Å². The minimum atomic E-state index is -0.836. The Balaban J connectivity index is 2.22. The van der Waals surface area contributed by atoms with Crippen molar-refractivity contribution in [1.29, 1.82) is 0 Å². The van der Waals surface area contributed by atoms with Crippen molar-refractivity contribution in [3.05, 3.63) is 11.6 Å². The van der Waals surface area contributed by atoms with Crippen LogP contribution in [0.5, 0.6) is 0 Å². The van der Waals surface area contributed by atoms with Gasteiger partial charge >= 0.3 is 5.97 Å². The lowest BCUT2D eigenvalue weighted by molar-refractivity contribution is -0.132. The van der Waals surface area contributed by atoms with Crippen LogP contribution < -0.4 is 5.32 Å². The van der Waals surface area contributed by atoms with Crippen LogP contribution in [0.25, 0.3) is 0 Å². The summed E-state index contributed by atoms with van der Waals surface area (Å²) in [5.41, 5.74) is 0.816. The van der Waals surface area contributed by atoms with E-state index in [4.69, 9.17) is 5.11 Å². The largest absolute Gasteiger partial charge is 0.478 e. The van der Waals surface area contributed by atoms with E-state index >= 15 is 0 Å². The summed E-state index contributed by atoms with van der Waals surface area (Å²) in [7, 11) is 0. The van der Waals surface area contributed by atoms with Crippen LogP contribution in [-0.2, 0) is 4.79 Å². The van der Waals surface area contributed by atoms with Crippen molar-refractivity contribution >= 4 is 5.97 Å². The van der Waals surface area contributed by atoms with Crippen molar-refractivity contribution in [1.82, 2.24) is 5.32 Å². The molecule has 3 heteroatoms. The lowest BCUT2D eigenvalue weighted by Gasteiger charge is -2.03. The topological polar surface area (TPSA) is 49.3 Å². The normalized spacial score (nSPS) is 25.8. The first-order chi connectivity index (χ1) is 5.93. The molecule has 0 saturated heterocycles. The molecule has 1 saturated carbocycles. The maximum absolute atomic E-state index is 10.4. The van der Waals surface area contributed by atoms with Crippen LogP contribution in [0, 0.1) is 5.41 Å². The Hall–Kier alpha value is -0.830. The van der Waals surface area contributed by atoms with Gasteiger partial charge in [-0.25, -0.2) is 4.79 Å². The van der Waals surface area contributed by atoms with Gasteiger partial charge in [-0.05, 0) is 18.8 Å². The molecule has 3 nitrogen and oxygen atoms in total. The first-order valence-corrected chi connectivity index (χ1v) is 4.57. The van der Waals surface area contributed by atoms with Crippen LogP contribution in [0.15, 0.2) is 11.6 Å². The molecule has 0 aliphatic heterocycles. The highest BCUT2D eigenvalue weighted by atomic mass is 16.4. The van der Waals surface area contributed by atoms with E-state index in [1.54, 1.807) is 13.0 Å². The Kier molecular flexibility index (Phi) is 2.76.